The quantitative estimate of drug-likeness (QED) is 0.211. The number of aliphatic imine (C=N–C) groups is 1. The van der Waals surface area contributed by atoms with Gasteiger partial charge in [0, 0.05) is 48.8 Å². The average molecular weight is 469 g/mol. The molecule has 0 bridgehead atoms. The van der Waals surface area contributed by atoms with Gasteiger partial charge in [-0.3, -0.25) is 9.79 Å². The molecule has 1 amide bonds. The molecule has 0 aromatic rings. The third kappa shape index (κ3) is 7.39. The SMILES string of the molecule is C=C/C=C(COC(/C=C1/NC(=O)C(CNC2=CC=CN(C)C2C)=CC1C=C)=C(/C)Cl)\N=C/C. The van der Waals surface area contributed by atoms with E-state index in [1.165, 1.54) is 0 Å². The van der Waals surface area contributed by atoms with E-state index in [1.807, 2.05) is 38.4 Å². The van der Waals surface area contributed by atoms with Crippen LogP contribution >= 0.6 is 11.6 Å². The Balaban J connectivity index is 2.17. The molecule has 33 heavy (non-hydrogen) atoms. The molecule has 0 saturated carbocycles. The maximum absolute atomic E-state index is 12.8. The highest BCUT2D eigenvalue weighted by atomic mass is 35.5. The number of nitrogens with one attached hydrogen (secondary N) is 2. The van der Waals surface area contributed by atoms with E-state index in [0.29, 0.717) is 34.3 Å². The Morgan fingerprint density at radius 3 is 2.82 bits per heavy atom. The summed E-state index contributed by atoms with van der Waals surface area (Å²) in [6.07, 6.45) is 16.5. The fourth-order valence-corrected chi connectivity index (χ4v) is 3.39. The highest BCUT2D eigenvalue weighted by molar-refractivity contribution is 6.29. The second-order valence-corrected chi connectivity index (χ2v) is 8.20. The number of nitrogens with zero attached hydrogens (tertiary/aromatic N) is 2. The topological polar surface area (TPSA) is 66.0 Å². The molecule has 2 rings (SSSR count). The zero-order valence-corrected chi connectivity index (χ0v) is 20.5. The van der Waals surface area contributed by atoms with Crippen molar-refractivity contribution in [3.63, 3.8) is 0 Å². The molecule has 2 aliphatic heterocycles. The Morgan fingerprint density at radius 2 is 2.18 bits per heavy atom. The van der Waals surface area contributed by atoms with Gasteiger partial charge in [-0.1, -0.05) is 36.4 Å². The first-order chi connectivity index (χ1) is 15.8. The lowest BCUT2D eigenvalue weighted by atomic mass is 9.96. The normalized spacial score (nSPS) is 23.1. The van der Waals surface area contributed by atoms with Gasteiger partial charge in [0.25, 0.3) is 5.91 Å². The number of carbonyl (C=O) groups excluding carboxylic acids is 1. The van der Waals surface area contributed by atoms with Crippen LogP contribution in [-0.2, 0) is 9.53 Å². The molecular weight excluding hydrogens is 436 g/mol. The second-order valence-electron chi connectivity index (χ2n) is 7.63. The van der Waals surface area contributed by atoms with Crippen molar-refractivity contribution in [2.45, 2.75) is 26.8 Å². The van der Waals surface area contributed by atoms with Crippen LogP contribution in [0.25, 0.3) is 0 Å². The van der Waals surface area contributed by atoms with E-state index in [9.17, 15) is 4.79 Å². The van der Waals surface area contributed by atoms with Crippen LogP contribution in [0.5, 0.6) is 0 Å². The molecule has 0 aromatic carbocycles. The number of likely N-dealkylation sites (N-methyl/N-ethyl adjacent to an activating group) is 1. The van der Waals surface area contributed by atoms with Crippen molar-refractivity contribution < 1.29 is 9.53 Å². The molecule has 0 saturated heterocycles. The number of allylic oxidation sites excluding steroid dienone is 7. The van der Waals surface area contributed by atoms with Gasteiger partial charge in [-0.05, 0) is 45.2 Å². The second kappa shape index (κ2) is 12.7. The standard InChI is InChI=1S/C26H33ClN4O2/c1-7-11-22(28-9-3)17-33-25(18(4)27)15-24-20(8-2)14-21(26(32)30-24)16-29-23-12-10-13-31(6)19(23)5/h7-15,19-20,29H,1-2,16-17H2,3-6H3,(H,30,32)/b22-11-,24-15+,25-18-,28-9-. The molecule has 2 N–H and O–H groups in total. The Morgan fingerprint density at radius 1 is 1.42 bits per heavy atom. The summed E-state index contributed by atoms with van der Waals surface area (Å²) in [5.41, 5.74) is 3.05. The van der Waals surface area contributed by atoms with Crippen molar-refractivity contribution in [1.29, 1.82) is 0 Å². The zero-order chi connectivity index (χ0) is 24.4. The van der Waals surface area contributed by atoms with Crippen molar-refractivity contribution in [3.05, 3.63) is 95.3 Å². The maximum Gasteiger partial charge on any atom is 0.252 e. The van der Waals surface area contributed by atoms with Crippen LogP contribution < -0.4 is 10.6 Å². The van der Waals surface area contributed by atoms with Crippen LogP contribution in [0.2, 0.25) is 0 Å². The highest BCUT2D eigenvalue weighted by Gasteiger charge is 2.24. The molecule has 2 aliphatic rings. The maximum atomic E-state index is 12.8. The number of hydrogen-bond acceptors (Lipinski definition) is 5. The summed E-state index contributed by atoms with van der Waals surface area (Å²) in [6, 6.07) is 0.210. The Labute approximate surface area is 202 Å². The molecular formula is C26H33ClN4O2. The zero-order valence-electron chi connectivity index (χ0n) is 19.8. The molecule has 0 spiro atoms. The van der Waals surface area contributed by atoms with Crippen molar-refractivity contribution >= 4 is 23.7 Å². The van der Waals surface area contributed by atoms with E-state index in [2.05, 4.69) is 40.6 Å². The van der Waals surface area contributed by atoms with Crippen molar-refractivity contribution in [2.24, 2.45) is 10.9 Å². The molecule has 2 heterocycles. The Hall–Kier alpha value is -3.25. The van der Waals surface area contributed by atoms with Gasteiger partial charge in [-0.25, -0.2) is 0 Å². The molecule has 0 aliphatic carbocycles. The van der Waals surface area contributed by atoms with Gasteiger partial charge in [-0.15, -0.1) is 6.58 Å². The fraction of sp³-hybridized carbons (Fsp3) is 0.308. The van der Waals surface area contributed by atoms with E-state index >= 15 is 0 Å². The summed E-state index contributed by atoms with van der Waals surface area (Å²) < 4.78 is 5.88. The van der Waals surface area contributed by atoms with Crippen molar-refractivity contribution in [2.75, 3.05) is 20.2 Å². The third-order valence-electron chi connectivity index (χ3n) is 5.29. The largest absolute Gasteiger partial charge is 0.486 e. The summed E-state index contributed by atoms with van der Waals surface area (Å²) in [5.74, 6) is 0.0894. The molecule has 7 heteroatoms. The highest BCUT2D eigenvalue weighted by Crippen LogP contribution is 2.24. The number of halogens is 1. The Bertz CT molecular complexity index is 978. The minimum Gasteiger partial charge on any atom is -0.486 e. The molecule has 0 radical (unpaired) electrons. The molecule has 0 fully saturated rings. The van der Waals surface area contributed by atoms with Crippen molar-refractivity contribution in [3.8, 4) is 0 Å². The minimum absolute atomic E-state index is 0.172. The fourth-order valence-electron chi connectivity index (χ4n) is 3.28. The molecule has 2 unspecified atom stereocenters. The number of ether oxygens (including phenoxy) is 1. The lowest BCUT2D eigenvalue weighted by molar-refractivity contribution is -0.117. The van der Waals surface area contributed by atoms with Crippen LogP contribution in [0, 0.1) is 5.92 Å². The number of rotatable bonds is 10. The van der Waals surface area contributed by atoms with Gasteiger partial charge < -0.3 is 20.3 Å². The van der Waals surface area contributed by atoms with E-state index < -0.39 is 0 Å². The van der Waals surface area contributed by atoms with Gasteiger partial charge in [0.1, 0.15) is 12.4 Å². The van der Waals surface area contributed by atoms with E-state index in [-0.39, 0.29) is 24.5 Å². The van der Waals surface area contributed by atoms with Gasteiger partial charge in [-0.2, -0.15) is 0 Å². The number of carbonyl (C=O) groups is 1. The van der Waals surface area contributed by atoms with E-state index in [4.69, 9.17) is 16.3 Å². The van der Waals surface area contributed by atoms with Crippen LogP contribution in [0.4, 0.5) is 0 Å². The first kappa shape index (κ1) is 26.0. The Kier molecular flexibility index (Phi) is 10.0. The van der Waals surface area contributed by atoms with Gasteiger partial charge in [0.2, 0.25) is 0 Å². The van der Waals surface area contributed by atoms with Gasteiger partial charge >= 0.3 is 0 Å². The number of amides is 1. The third-order valence-corrected chi connectivity index (χ3v) is 5.48. The first-order valence-corrected chi connectivity index (χ1v) is 11.2. The molecule has 2 atom stereocenters. The van der Waals surface area contributed by atoms with Gasteiger partial charge in [0.15, 0.2) is 0 Å². The van der Waals surface area contributed by atoms with Crippen LogP contribution in [0.1, 0.15) is 20.8 Å². The van der Waals surface area contributed by atoms with Crippen LogP contribution in [0.3, 0.4) is 0 Å². The van der Waals surface area contributed by atoms with Gasteiger partial charge in [0.05, 0.1) is 16.8 Å². The summed E-state index contributed by atoms with van der Waals surface area (Å²) in [6.45, 7) is 13.9. The monoisotopic (exact) mass is 468 g/mol. The van der Waals surface area contributed by atoms with Crippen molar-refractivity contribution in [1.82, 2.24) is 15.5 Å². The summed E-state index contributed by atoms with van der Waals surface area (Å²) >= 11 is 6.27. The predicted molar refractivity (Wildman–Crippen MR) is 137 cm³/mol. The van der Waals surface area contributed by atoms with Crippen LogP contribution in [0.15, 0.2) is 100 Å². The summed E-state index contributed by atoms with van der Waals surface area (Å²) in [7, 11) is 2.02. The first-order valence-electron chi connectivity index (χ1n) is 10.8. The number of hydrogen-bond donors (Lipinski definition) is 2. The summed E-state index contributed by atoms with van der Waals surface area (Å²) in [5, 5.41) is 6.81. The lowest BCUT2D eigenvalue weighted by Crippen LogP contribution is -2.39. The molecule has 176 valence electrons. The molecule has 0 aromatic heterocycles. The summed E-state index contributed by atoms with van der Waals surface area (Å²) in [4.78, 5) is 19.2. The average Bonchev–Trinajstić information content (AvgIpc) is 2.78. The van der Waals surface area contributed by atoms with Crippen LogP contribution in [-0.4, -0.2) is 43.3 Å². The lowest BCUT2D eigenvalue weighted by Gasteiger charge is -2.30. The minimum atomic E-state index is -0.189. The van der Waals surface area contributed by atoms with E-state index in [0.717, 1.165) is 5.70 Å². The predicted octanol–water partition coefficient (Wildman–Crippen LogP) is 4.70. The van der Waals surface area contributed by atoms with E-state index in [1.54, 1.807) is 37.4 Å². The molecule has 6 nitrogen and oxygen atoms in total. The smallest absolute Gasteiger partial charge is 0.252 e.